The van der Waals surface area contributed by atoms with Crippen LogP contribution < -0.4 is 20.8 Å². The molecule has 1 aliphatic rings. The van der Waals surface area contributed by atoms with Crippen molar-refractivity contribution < 1.29 is 13.9 Å². The van der Waals surface area contributed by atoms with E-state index >= 15 is 0 Å². The van der Waals surface area contributed by atoms with E-state index in [2.05, 4.69) is 6.07 Å². The zero-order chi connectivity index (χ0) is 22.1. The Hall–Kier alpha value is -4.05. The highest BCUT2D eigenvalue weighted by atomic mass is 19.1. The number of nitriles is 1. The molecule has 7 heteroatoms. The summed E-state index contributed by atoms with van der Waals surface area (Å²) >= 11 is 0. The monoisotopic (exact) mass is 417 g/mol. The van der Waals surface area contributed by atoms with Crippen LogP contribution in [-0.4, -0.2) is 11.7 Å². The Morgan fingerprint density at radius 1 is 1.23 bits per heavy atom. The number of nitrogens with zero attached hydrogens (tertiary/aromatic N) is 2. The number of aromatic nitrogens is 1. The Labute approximate surface area is 178 Å². The molecule has 1 atom stereocenters. The average Bonchev–Trinajstić information content (AvgIpc) is 2.76. The first kappa shape index (κ1) is 20.2. The number of allylic oxidation sites excluding steroid dienone is 1. The minimum Gasteiger partial charge on any atom is -0.496 e. The van der Waals surface area contributed by atoms with E-state index in [1.807, 2.05) is 24.3 Å². The summed E-state index contributed by atoms with van der Waals surface area (Å²) in [5.41, 5.74) is 8.17. The van der Waals surface area contributed by atoms with Crippen molar-refractivity contribution in [1.29, 1.82) is 5.26 Å². The van der Waals surface area contributed by atoms with Gasteiger partial charge in [-0.1, -0.05) is 30.3 Å². The van der Waals surface area contributed by atoms with E-state index in [0.29, 0.717) is 22.8 Å². The number of hydrogen-bond acceptors (Lipinski definition) is 5. The third-order valence-electron chi connectivity index (χ3n) is 5.41. The van der Waals surface area contributed by atoms with Crippen molar-refractivity contribution in [1.82, 2.24) is 4.57 Å². The van der Waals surface area contributed by atoms with Crippen molar-refractivity contribution in [2.75, 3.05) is 7.11 Å². The smallest absolute Gasteiger partial charge is 0.259 e. The molecule has 31 heavy (non-hydrogen) atoms. The van der Waals surface area contributed by atoms with Gasteiger partial charge in [0.2, 0.25) is 5.88 Å². The van der Waals surface area contributed by atoms with Gasteiger partial charge in [0.1, 0.15) is 29.0 Å². The summed E-state index contributed by atoms with van der Waals surface area (Å²) in [7, 11) is 1.58. The number of benzene rings is 2. The lowest BCUT2D eigenvalue weighted by atomic mass is 9.84. The van der Waals surface area contributed by atoms with Crippen LogP contribution in [-0.2, 0) is 6.54 Å². The number of hydrogen-bond donors (Lipinski definition) is 1. The molecule has 0 spiro atoms. The molecule has 6 nitrogen and oxygen atoms in total. The molecule has 1 aliphatic heterocycles. The van der Waals surface area contributed by atoms with Gasteiger partial charge in [0.15, 0.2) is 0 Å². The van der Waals surface area contributed by atoms with Crippen LogP contribution in [0.3, 0.4) is 0 Å². The van der Waals surface area contributed by atoms with E-state index < -0.39 is 11.7 Å². The molecule has 4 rings (SSSR count). The second-order valence-electron chi connectivity index (χ2n) is 7.24. The number of methoxy groups -OCH3 is 1. The summed E-state index contributed by atoms with van der Waals surface area (Å²) in [5, 5.41) is 9.72. The predicted molar refractivity (Wildman–Crippen MR) is 113 cm³/mol. The Kier molecular flexibility index (Phi) is 5.22. The van der Waals surface area contributed by atoms with Gasteiger partial charge >= 0.3 is 0 Å². The van der Waals surface area contributed by atoms with Crippen LogP contribution in [0, 0.1) is 24.1 Å². The number of nitrogens with two attached hydrogens (primary N) is 1. The normalized spacial score (nSPS) is 15.1. The number of aryl methyl sites for hydroxylation is 1. The van der Waals surface area contributed by atoms with Crippen LogP contribution >= 0.6 is 0 Å². The summed E-state index contributed by atoms with van der Waals surface area (Å²) in [5.74, 6) is -0.273. The first-order valence-electron chi connectivity index (χ1n) is 9.64. The number of rotatable bonds is 4. The van der Waals surface area contributed by atoms with Gasteiger partial charge in [-0.05, 0) is 30.7 Å². The Morgan fingerprint density at radius 3 is 2.61 bits per heavy atom. The molecule has 0 aliphatic carbocycles. The predicted octanol–water partition coefficient (Wildman–Crippen LogP) is 3.57. The van der Waals surface area contributed by atoms with E-state index in [4.69, 9.17) is 15.2 Å². The Morgan fingerprint density at radius 2 is 1.94 bits per heavy atom. The van der Waals surface area contributed by atoms with E-state index in [0.717, 1.165) is 5.56 Å². The second kappa shape index (κ2) is 8.00. The van der Waals surface area contributed by atoms with Gasteiger partial charge in [-0.15, -0.1) is 0 Å². The fourth-order valence-corrected chi connectivity index (χ4v) is 3.88. The lowest BCUT2D eigenvalue weighted by molar-refractivity contribution is 0.388. The minimum absolute atomic E-state index is 0.0643. The van der Waals surface area contributed by atoms with Gasteiger partial charge in [-0.3, -0.25) is 4.79 Å². The van der Waals surface area contributed by atoms with Gasteiger partial charge in [0.05, 0.1) is 25.1 Å². The van der Waals surface area contributed by atoms with E-state index in [1.54, 1.807) is 36.8 Å². The van der Waals surface area contributed by atoms with Crippen molar-refractivity contribution in [3.05, 3.63) is 105 Å². The molecule has 156 valence electrons. The Balaban J connectivity index is 1.92. The lowest BCUT2D eigenvalue weighted by Gasteiger charge is -2.27. The molecule has 2 heterocycles. The van der Waals surface area contributed by atoms with Crippen molar-refractivity contribution in [2.45, 2.75) is 19.4 Å². The van der Waals surface area contributed by atoms with Crippen LogP contribution in [0.2, 0.25) is 0 Å². The number of pyridine rings is 1. The van der Waals surface area contributed by atoms with Crippen LogP contribution in [0.4, 0.5) is 4.39 Å². The SMILES string of the molecule is COc1ccccc1Cn1c(C)cc2c(c1=O)C(c1ccc(F)cc1)C(C#N)=C(N)O2. The molecule has 0 fully saturated rings. The van der Waals surface area contributed by atoms with E-state index in [1.165, 1.54) is 12.1 Å². The van der Waals surface area contributed by atoms with Crippen LogP contribution in [0.1, 0.15) is 28.3 Å². The van der Waals surface area contributed by atoms with Gasteiger partial charge in [-0.2, -0.15) is 5.26 Å². The number of para-hydroxylation sites is 1. The van der Waals surface area contributed by atoms with Crippen molar-refractivity contribution >= 4 is 0 Å². The molecular formula is C24H20FN3O3. The number of halogens is 1. The molecule has 0 bridgehead atoms. The van der Waals surface area contributed by atoms with Crippen molar-refractivity contribution in [3.63, 3.8) is 0 Å². The van der Waals surface area contributed by atoms with Gasteiger partial charge in [0, 0.05) is 17.3 Å². The third-order valence-corrected chi connectivity index (χ3v) is 5.41. The topological polar surface area (TPSA) is 90.3 Å². The molecule has 1 unspecified atom stereocenters. The maximum Gasteiger partial charge on any atom is 0.259 e. The summed E-state index contributed by atoms with van der Waals surface area (Å²) in [6, 6.07) is 16.9. The highest BCUT2D eigenvalue weighted by molar-refractivity contribution is 5.55. The quantitative estimate of drug-likeness (QED) is 0.701. The van der Waals surface area contributed by atoms with E-state index in [9.17, 15) is 14.4 Å². The van der Waals surface area contributed by atoms with Crippen molar-refractivity contribution in [3.8, 4) is 17.6 Å². The molecular weight excluding hydrogens is 397 g/mol. The molecule has 0 saturated carbocycles. The number of ether oxygens (including phenoxy) is 2. The van der Waals surface area contributed by atoms with Crippen molar-refractivity contribution in [2.24, 2.45) is 5.73 Å². The van der Waals surface area contributed by atoms with Crippen LogP contribution in [0.5, 0.6) is 11.5 Å². The second-order valence-corrected chi connectivity index (χ2v) is 7.24. The summed E-state index contributed by atoms with van der Waals surface area (Å²) < 4.78 is 26.2. The van der Waals surface area contributed by atoms with Gasteiger partial charge in [-0.25, -0.2) is 4.39 Å². The van der Waals surface area contributed by atoms with Gasteiger partial charge in [0.25, 0.3) is 5.56 Å². The minimum atomic E-state index is -0.758. The summed E-state index contributed by atoms with van der Waals surface area (Å²) in [6.45, 7) is 2.08. The molecule has 0 radical (unpaired) electrons. The van der Waals surface area contributed by atoms with Crippen LogP contribution in [0.25, 0.3) is 0 Å². The maximum absolute atomic E-state index is 13.7. The zero-order valence-corrected chi connectivity index (χ0v) is 17.1. The molecule has 1 aromatic heterocycles. The first-order valence-corrected chi connectivity index (χ1v) is 9.64. The molecule has 2 N–H and O–H groups in total. The standard InChI is InChI=1S/C24H20FN3O3/c1-14-11-20-22(24(29)28(14)13-16-5-3-4-6-19(16)30-2)21(18(12-26)23(27)31-20)15-7-9-17(25)10-8-15/h3-11,21H,13,27H2,1-2H3. The molecule has 3 aromatic rings. The zero-order valence-electron chi connectivity index (χ0n) is 17.1. The summed E-state index contributed by atoms with van der Waals surface area (Å²) in [6.07, 6.45) is 0. The lowest BCUT2D eigenvalue weighted by Crippen LogP contribution is -2.33. The Bertz CT molecular complexity index is 1290. The first-order chi connectivity index (χ1) is 14.9. The third kappa shape index (κ3) is 3.53. The molecule has 0 amide bonds. The molecule has 2 aromatic carbocycles. The fraction of sp³-hybridized carbons (Fsp3) is 0.167. The number of fused-ring (bicyclic) bond motifs is 1. The van der Waals surface area contributed by atoms with Crippen LogP contribution in [0.15, 0.2) is 70.8 Å². The highest BCUT2D eigenvalue weighted by Gasteiger charge is 2.34. The fourth-order valence-electron chi connectivity index (χ4n) is 3.88. The molecule has 0 saturated heterocycles. The highest BCUT2D eigenvalue weighted by Crippen LogP contribution is 2.40. The van der Waals surface area contributed by atoms with Gasteiger partial charge < -0.3 is 19.8 Å². The maximum atomic E-state index is 13.7. The summed E-state index contributed by atoms with van der Waals surface area (Å²) in [4.78, 5) is 13.7. The largest absolute Gasteiger partial charge is 0.496 e. The average molecular weight is 417 g/mol. The van der Waals surface area contributed by atoms with E-state index in [-0.39, 0.29) is 29.1 Å².